The van der Waals surface area contributed by atoms with Crippen molar-refractivity contribution in [3.05, 3.63) is 22.9 Å². The molecule has 1 aliphatic rings. The number of hydrogen-bond donors (Lipinski definition) is 1. The standard InChI is InChI=1S/C13H18N4O2S/c1-10-8-11(2)16-13(12(10)9-14)15-4-6-17-5-3-7-20(17,18)19/h8H,3-7H2,1-2H3,(H,15,16). The number of rotatable bonds is 4. The van der Waals surface area contributed by atoms with Crippen LogP contribution in [0.1, 0.15) is 23.2 Å². The molecule has 1 aromatic rings. The molecule has 0 bridgehead atoms. The van der Waals surface area contributed by atoms with E-state index in [9.17, 15) is 8.42 Å². The Morgan fingerprint density at radius 1 is 1.50 bits per heavy atom. The first-order chi connectivity index (χ1) is 9.44. The van der Waals surface area contributed by atoms with Crippen molar-refractivity contribution in [2.75, 3.05) is 30.7 Å². The SMILES string of the molecule is Cc1cc(C)c(C#N)c(NCCN2CCCS2(=O)=O)n1. The van der Waals surface area contributed by atoms with Crippen LogP contribution in [0.5, 0.6) is 0 Å². The van der Waals surface area contributed by atoms with E-state index in [0.717, 1.165) is 11.3 Å². The molecule has 1 saturated heterocycles. The first-order valence-corrected chi connectivity index (χ1v) is 8.15. The van der Waals surface area contributed by atoms with Gasteiger partial charge in [0.15, 0.2) is 0 Å². The smallest absolute Gasteiger partial charge is 0.214 e. The van der Waals surface area contributed by atoms with Crippen LogP contribution in [0, 0.1) is 25.2 Å². The molecule has 0 saturated carbocycles. The average molecular weight is 294 g/mol. The number of nitriles is 1. The van der Waals surface area contributed by atoms with E-state index in [4.69, 9.17) is 5.26 Å². The third-order valence-corrected chi connectivity index (χ3v) is 5.27. The molecule has 0 amide bonds. The number of sulfonamides is 1. The molecule has 20 heavy (non-hydrogen) atoms. The van der Waals surface area contributed by atoms with Crippen molar-refractivity contribution in [1.29, 1.82) is 5.26 Å². The molecule has 0 unspecified atom stereocenters. The van der Waals surface area contributed by atoms with Gasteiger partial charge in [-0.25, -0.2) is 17.7 Å². The molecule has 1 fully saturated rings. The van der Waals surface area contributed by atoms with Gasteiger partial charge in [0, 0.05) is 25.3 Å². The number of anilines is 1. The van der Waals surface area contributed by atoms with Crippen LogP contribution in [0.4, 0.5) is 5.82 Å². The Kier molecular flexibility index (Phi) is 4.26. The zero-order valence-corrected chi connectivity index (χ0v) is 12.5. The predicted octanol–water partition coefficient (Wildman–Crippen LogP) is 1.02. The highest BCUT2D eigenvalue weighted by Gasteiger charge is 2.27. The molecule has 1 N–H and O–H groups in total. The Bertz CT molecular complexity index is 649. The molecule has 1 aliphatic heterocycles. The summed E-state index contributed by atoms with van der Waals surface area (Å²) in [6, 6.07) is 3.98. The quantitative estimate of drug-likeness (QED) is 0.896. The Morgan fingerprint density at radius 2 is 2.25 bits per heavy atom. The summed E-state index contributed by atoms with van der Waals surface area (Å²) >= 11 is 0. The molecule has 1 aromatic heterocycles. The monoisotopic (exact) mass is 294 g/mol. The molecular weight excluding hydrogens is 276 g/mol. The van der Waals surface area contributed by atoms with Crippen LogP contribution in [-0.4, -0.2) is 43.1 Å². The van der Waals surface area contributed by atoms with Gasteiger partial charge in [-0.3, -0.25) is 0 Å². The lowest BCUT2D eigenvalue weighted by atomic mass is 10.1. The summed E-state index contributed by atoms with van der Waals surface area (Å²) in [5.74, 6) is 0.764. The minimum absolute atomic E-state index is 0.234. The van der Waals surface area contributed by atoms with E-state index >= 15 is 0 Å². The Labute approximate surface area is 119 Å². The van der Waals surface area contributed by atoms with Gasteiger partial charge in [-0.15, -0.1) is 0 Å². The lowest BCUT2D eigenvalue weighted by Crippen LogP contribution is -2.31. The molecule has 2 heterocycles. The van der Waals surface area contributed by atoms with Crippen molar-refractivity contribution >= 4 is 15.8 Å². The van der Waals surface area contributed by atoms with E-state index in [1.165, 1.54) is 4.31 Å². The highest BCUT2D eigenvalue weighted by Crippen LogP contribution is 2.18. The largest absolute Gasteiger partial charge is 0.368 e. The summed E-state index contributed by atoms with van der Waals surface area (Å²) < 4.78 is 24.8. The normalized spacial score (nSPS) is 17.9. The Morgan fingerprint density at radius 3 is 2.85 bits per heavy atom. The van der Waals surface area contributed by atoms with Crippen LogP contribution >= 0.6 is 0 Å². The maximum Gasteiger partial charge on any atom is 0.214 e. The van der Waals surface area contributed by atoms with E-state index in [-0.39, 0.29) is 5.75 Å². The van der Waals surface area contributed by atoms with Gasteiger partial charge in [0.1, 0.15) is 11.9 Å². The highest BCUT2D eigenvalue weighted by atomic mass is 32.2. The first kappa shape index (κ1) is 14.8. The molecule has 7 heteroatoms. The third-order valence-electron chi connectivity index (χ3n) is 3.31. The van der Waals surface area contributed by atoms with Gasteiger partial charge in [0.05, 0.1) is 11.3 Å². The summed E-state index contributed by atoms with van der Waals surface area (Å²) in [6.45, 7) is 5.16. The average Bonchev–Trinajstić information content (AvgIpc) is 2.68. The lowest BCUT2D eigenvalue weighted by Gasteiger charge is -2.15. The van der Waals surface area contributed by atoms with Gasteiger partial charge in [-0.1, -0.05) is 0 Å². The number of aryl methyl sites for hydroxylation is 2. The fourth-order valence-electron chi connectivity index (χ4n) is 2.35. The van der Waals surface area contributed by atoms with Gasteiger partial charge < -0.3 is 5.32 Å². The molecule has 0 atom stereocenters. The van der Waals surface area contributed by atoms with Crippen LogP contribution in [0.15, 0.2) is 6.07 Å². The van der Waals surface area contributed by atoms with Crippen molar-refractivity contribution in [2.24, 2.45) is 0 Å². The molecule has 0 aromatic carbocycles. The first-order valence-electron chi connectivity index (χ1n) is 6.54. The van der Waals surface area contributed by atoms with Crippen molar-refractivity contribution in [2.45, 2.75) is 20.3 Å². The number of pyridine rings is 1. The molecule has 0 radical (unpaired) electrons. The van der Waals surface area contributed by atoms with E-state index in [1.54, 1.807) is 0 Å². The minimum atomic E-state index is -3.07. The van der Waals surface area contributed by atoms with Crippen molar-refractivity contribution in [3.8, 4) is 6.07 Å². The highest BCUT2D eigenvalue weighted by molar-refractivity contribution is 7.89. The van der Waals surface area contributed by atoms with Crippen LogP contribution < -0.4 is 5.32 Å². The van der Waals surface area contributed by atoms with Crippen molar-refractivity contribution < 1.29 is 8.42 Å². The molecule has 108 valence electrons. The Hall–Kier alpha value is -1.65. The summed E-state index contributed by atoms with van der Waals surface area (Å²) in [6.07, 6.45) is 0.688. The number of hydrogen-bond acceptors (Lipinski definition) is 5. The fraction of sp³-hybridized carbons (Fsp3) is 0.538. The van der Waals surface area contributed by atoms with E-state index in [0.29, 0.717) is 37.4 Å². The topological polar surface area (TPSA) is 86.1 Å². The van der Waals surface area contributed by atoms with Gasteiger partial charge in [-0.2, -0.15) is 5.26 Å². The van der Waals surface area contributed by atoms with Gasteiger partial charge in [0.2, 0.25) is 10.0 Å². The second-order valence-corrected chi connectivity index (χ2v) is 7.00. The number of aromatic nitrogens is 1. The summed E-state index contributed by atoms with van der Waals surface area (Å²) in [4.78, 5) is 4.30. The maximum atomic E-state index is 11.7. The zero-order chi connectivity index (χ0) is 14.8. The second-order valence-electron chi connectivity index (χ2n) is 4.91. The van der Waals surface area contributed by atoms with Crippen LogP contribution in [0.2, 0.25) is 0 Å². The molecule has 0 spiro atoms. The molecular formula is C13H18N4O2S. The molecule has 2 rings (SSSR count). The number of nitrogens with zero attached hydrogens (tertiary/aromatic N) is 3. The van der Waals surface area contributed by atoms with Crippen molar-refractivity contribution in [1.82, 2.24) is 9.29 Å². The third kappa shape index (κ3) is 3.08. The fourth-order valence-corrected chi connectivity index (χ4v) is 3.88. The van der Waals surface area contributed by atoms with Crippen LogP contribution in [0.25, 0.3) is 0 Å². The number of nitrogens with one attached hydrogen (secondary N) is 1. The lowest BCUT2D eigenvalue weighted by molar-refractivity contribution is 0.456. The van der Waals surface area contributed by atoms with Crippen LogP contribution in [0.3, 0.4) is 0 Å². The molecule has 6 nitrogen and oxygen atoms in total. The van der Waals surface area contributed by atoms with Gasteiger partial charge >= 0.3 is 0 Å². The zero-order valence-electron chi connectivity index (χ0n) is 11.7. The van der Waals surface area contributed by atoms with Crippen molar-refractivity contribution in [3.63, 3.8) is 0 Å². The van der Waals surface area contributed by atoms with E-state index in [1.807, 2.05) is 19.9 Å². The van der Waals surface area contributed by atoms with Crippen LogP contribution in [-0.2, 0) is 10.0 Å². The summed E-state index contributed by atoms with van der Waals surface area (Å²) in [7, 11) is -3.07. The summed E-state index contributed by atoms with van der Waals surface area (Å²) in [5, 5.41) is 12.2. The molecule has 0 aliphatic carbocycles. The van der Waals surface area contributed by atoms with Gasteiger partial charge in [0.25, 0.3) is 0 Å². The second kappa shape index (κ2) is 5.77. The predicted molar refractivity (Wildman–Crippen MR) is 76.9 cm³/mol. The van der Waals surface area contributed by atoms with Gasteiger partial charge in [-0.05, 0) is 31.9 Å². The maximum absolute atomic E-state index is 11.7. The summed E-state index contributed by atoms with van der Waals surface area (Å²) in [5.41, 5.74) is 2.22. The van der Waals surface area contributed by atoms with E-state index in [2.05, 4.69) is 16.4 Å². The Balaban J connectivity index is 2.03. The van der Waals surface area contributed by atoms with E-state index < -0.39 is 10.0 Å². The minimum Gasteiger partial charge on any atom is -0.368 e.